The van der Waals surface area contributed by atoms with Gasteiger partial charge in [-0.3, -0.25) is 4.98 Å². The maximum Gasteiger partial charge on any atom is 0.141 e. The number of hydrogen-bond donors (Lipinski definition) is 1. The highest BCUT2D eigenvalue weighted by molar-refractivity contribution is 6.30. The van der Waals surface area contributed by atoms with Crippen LogP contribution in [0.25, 0.3) is 0 Å². The molecular weight excluding hydrogens is 251 g/mol. The lowest BCUT2D eigenvalue weighted by molar-refractivity contribution is 0.560. The molecule has 1 aromatic heterocycles. The van der Waals surface area contributed by atoms with E-state index in [4.69, 9.17) is 11.6 Å². The van der Waals surface area contributed by atoms with Gasteiger partial charge in [0.05, 0.1) is 10.7 Å². The molecule has 0 amide bonds. The molecule has 0 bridgehead atoms. The Hall–Kier alpha value is -1.45. The molecule has 0 radical (unpaired) electrons. The summed E-state index contributed by atoms with van der Waals surface area (Å²) in [5, 5.41) is 3.47. The maximum atomic E-state index is 13.0. The number of hydrogen-bond acceptors (Lipinski definition) is 2. The number of nitrogens with zero attached hydrogens (tertiary/aromatic N) is 1. The van der Waals surface area contributed by atoms with Gasteiger partial charge in [0.25, 0.3) is 0 Å². The third-order valence-corrected chi connectivity index (χ3v) is 3.02. The Bertz CT molecular complexity index is 516. The molecule has 1 atom stereocenters. The second kappa shape index (κ2) is 5.94. The van der Waals surface area contributed by atoms with Crippen LogP contribution >= 0.6 is 11.6 Å². The van der Waals surface area contributed by atoms with Crippen LogP contribution in [0.3, 0.4) is 0 Å². The van der Waals surface area contributed by atoms with Gasteiger partial charge in [-0.1, -0.05) is 23.7 Å². The molecule has 0 unspecified atom stereocenters. The first-order valence-electron chi connectivity index (χ1n) is 5.75. The van der Waals surface area contributed by atoms with Gasteiger partial charge in [-0.15, -0.1) is 0 Å². The zero-order valence-electron chi connectivity index (χ0n) is 10.0. The predicted molar refractivity (Wildman–Crippen MR) is 70.9 cm³/mol. The van der Waals surface area contributed by atoms with Crippen LogP contribution in [0.5, 0.6) is 0 Å². The van der Waals surface area contributed by atoms with Crippen LogP contribution in [0.15, 0.2) is 42.6 Å². The minimum atomic E-state index is -0.391. The molecule has 94 valence electrons. The van der Waals surface area contributed by atoms with Gasteiger partial charge in [0.2, 0.25) is 0 Å². The average molecular weight is 265 g/mol. The Labute approximate surface area is 111 Å². The highest BCUT2D eigenvalue weighted by Gasteiger charge is 2.06. The molecule has 0 saturated heterocycles. The Morgan fingerprint density at radius 2 is 2.17 bits per heavy atom. The minimum Gasteiger partial charge on any atom is -0.305 e. The van der Waals surface area contributed by atoms with Crippen molar-refractivity contribution in [1.82, 2.24) is 10.3 Å². The Balaban J connectivity index is 1.97. The van der Waals surface area contributed by atoms with E-state index >= 15 is 0 Å². The average Bonchev–Trinajstić information content (AvgIpc) is 2.41. The Morgan fingerprint density at radius 3 is 2.83 bits per heavy atom. The molecule has 2 rings (SSSR count). The van der Waals surface area contributed by atoms with Crippen molar-refractivity contribution < 1.29 is 4.39 Å². The highest BCUT2D eigenvalue weighted by atomic mass is 35.5. The van der Waals surface area contributed by atoms with E-state index < -0.39 is 5.82 Å². The predicted octanol–water partition coefficient (Wildman–Crippen LogP) is 3.72. The van der Waals surface area contributed by atoms with E-state index in [1.54, 1.807) is 18.3 Å². The Kier molecular flexibility index (Phi) is 4.28. The third-order valence-electron chi connectivity index (χ3n) is 2.73. The summed E-state index contributed by atoms with van der Waals surface area (Å²) in [7, 11) is 0. The van der Waals surface area contributed by atoms with Crippen molar-refractivity contribution in [2.24, 2.45) is 0 Å². The lowest BCUT2D eigenvalue weighted by Gasteiger charge is -2.13. The zero-order valence-corrected chi connectivity index (χ0v) is 10.8. The van der Waals surface area contributed by atoms with Crippen LogP contribution in [-0.4, -0.2) is 4.98 Å². The minimum absolute atomic E-state index is 0.134. The molecule has 0 aliphatic rings. The van der Waals surface area contributed by atoms with E-state index in [-0.39, 0.29) is 11.1 Å². The third kappa shape index (κ3) is 3.28. The molecular formula is C14H14ClFN2. The van der Waals surface area contributed by atoms with Gasteiger partial charge >= 0.3 is 0 Å². The van der Waals surface area contributed by atoms with Crippen molar-refractivity contribution in [3.05, 3.63) is 64.7 Å². The first-order valence-corrected chi connectivity index (χ1v) is 6.13. The van der Waals surface area contributed by atoms with Crippen molar-refractivity contribution in [3.63, 3.8) is 0 Å². The molecule has 4 heteroatoms. The largest absolute Gasteiger partial charge is 0.305 e. The summed E-state index contributed by atoms with van der Waals surface area (Å²) in [5.41, 5.74) is 1.93. The maximum absolute atomic E-state index is 13.0. The van der Waals surface area contributed by atoms with Gasteiger partial charge in [-0.25, -0.2) is 4.39 Å². The summed E-state index contributed by atoms with van der Waals surface area (Å²) >= 11 is 5.73. The van der Waals surface area contributed by atoms with E-state index in [0.717, 1.165) is 11.3 Å². The number of rotatable bonds is 4. The quantitative estimate of drug-likeness (QED) is 0.910. The van der Waals surface area contributed by atoms with Crippen molar-refractivity contribution in [3.8, 4) is 0 Å². The number of benzene rings is 1. The van der Waals surface area contributed by atoms with Gasteiger partial charge < -0.3 is 5.32 Å². The van der Waals surface area contributed by atoms with E-state index in [9.17, 15) is 4.39 Å². The number of aromatic nitrogens is 1. The summed E-state index contributed by atoms with van der Waals surface area (Å²) < 4.78 is 13.0. The molecule has 2 nitrogen and oxygen atoms in total. The summed E-state index contributed by atoms with van der Waals surface area (Å²) in [6.07, 6.45) is 1.77. The molecule has 0 saturated carbocycles. The SMILES string of the molecule is C[C@H](NCc1ccc(F)c(Cl)c1)c1ccccn1. The molecule has 0 aliphatic heterocycles. The monoisotopic (exact) mass is 264 g/mol. The summed E-state index contributed by atoms with van der Waals surface area (Å²) in [4.78, 5) is 4.27. The van der Waals surface area contributed by atoms with Gasteiger partial charge in [0, 0.05) is 18.8 Å². The summed E-state index contributed by atoms with van der Waals surface area (Å²) in [5.74, 6) is -0.391. The van der Waals surface area contributed by atoms with Gasteiger partial charge in [-0.05, 0) is 36.8 Å². The lowest BCUT2D eigenvalue weighted by Crippen LogP contribution is -2.18. The molecule has 1 aromatic carbocycles. The van der Waals surface area contributed by atoms with Crippen molar-refractivity contribution >= 4 is 11.6 Å². The highest BCUT2D eigenvalue weighted by Crippen LogP contribution is 2.17. The van der Waals surface area contributed by atoms with Crippen molar-refractivity contribution in [2.45, 2.75) is 19.5 Å². The summed E-state index contributed by atoms with van der Waals surface area (Å²) in [6.45, 7) is 2.66. The van der Waals surface area contributed by atoms with E-state index in [1.165, 1.54) is 6.07 Å². The van der Waals surface area contributed by atoms with Crippen LogP contribution in [0.2, 0.25) is 5.02 Å². The zero-order chi connectivity index (χ0) is 13.0. The molecule has 1 heterocycles. The smallest absolute Gasteiger partial charge is 0.141 e. The first-order chi connectivity index (χ1) is 8.66. The fourth-order valence-corrected chi connectivity index (χ4v) is 1.86. The molecule has 2 aromatic rings. The Morgan fingerprint density at radius 1 is 1.33 bits per heavy atom. The molecule has 1 N–H and O–H groups in total. The summed E-state index contributed by atoms with van der Waals surface area (Å²) in [6, 6.07) is 10.7. The molecule has 0 fully saturated rings. The fraction of sp³-hybridized carbons (Fsp3) is 0.214. The second-order valence-corrected chi connectivity index (χ2v) is 4.51. The normalized spacial score (nSPS) is 12.4. The van der Waals surface area contributed by atoms with Crippen LogP contribution in [0.1, 0.15) is 24.2 Å². The van der Waals surface area contributed by atoms with Gasteiger partial charge in [-0.2, -0.15) is 0 Å². The van der Waals surface area contributed by atoms with E-state index in [1.807, 2.05) is 25.1 Å². The lowest BCUT2D eigenvalue weighted by atomic mass is 10.2. The van der Waals surface area contributed by atoms with Crippen LogP contribution < -0.4 is 5.32 Å². The van der Waals surface area contributed by atoms with E-state index in [2.05, 4.69) is 10.3 Å². The van der Waals surface area contributed by atoms with E-state index in [0.29, 0.717) is 6.54 Å². The number of pyridine rings is 1. The second-order valence-electron chi connectivity index (χ2n) is 4.11. The van der Waals surface area contributed by atoms with Crippen LogP contribution in [0.4, 0.5) is 4.39 Å². The standard InChI is InChI=1S/C14H14ClFN2/c1-10(14-4-2-3-7-17-14)18-9-11-5-6-13(16)12(15)8-11/h2-8,10,18H,9H2,1H3/t10-/m0/s1. The van der Waals surface area contributed by atoms with Crippen LogP contribution in [0, 0.1) is 5.82 Å². The fourth-order valence-electron chi connectivity index (χ4n) is 1.66. The van der Waals surface area contributed by atoms with Crippen molar-refractivity contribution in [2.75, 3.05) is 0 Å². The first kappa shape index (κ1) is 13.0. The molecule has 0 spiro atoms. The van der Waals surface area contributed by atoms with Crippen molar-refractivity contribution in [1.29, 1.82) is 0 Å². The molecule has 18 heavy (non-hydrogen) atoms. The van der Waals surface area contributed by atoms with Gasteiger partial charge in [0.1, 0.15) is 5.82 Å². The number of nitrogens with one attached hydrogen (secondary N) is 1. The van der Waals surface area contributed by atoms with Crippen LogP contribution in [-0.2, 0) is 6.54 Å². The molecule has 0 aliphatic carbocycles. The topological polar surface area (TPSA) is 24.9 Å². The number of halogens is 2. The van der Waals surface area contributed by atoms with Gasteiger partial charge in [0.15, 0.2) is 0 Å².